The van der Waals surface area contributed by atoms with Crippen molar-refractivity contribution in [2.75, 3.05) is 24.2 Å². The molecular formula is C14H23N3O2S. The van der Waals surface area contributed by atoms with Crippen LogP contribution in [0.4, 0.5) is 5.69 Å². The first-order chi connectivity index (χ1) is 9.51. The van der Waals surface area contributed by atoms with E-state index < -0.39 is 0 Å². The largest absolute Gasteiger partial charge is 0.409 e. The number of anilines is 1. The van der Waals surface area contributed by atoms with Gasteiger partial charge in [-0.2, -0.15) is 0 Å². The molecule has 1 aromatic rings. The van der Waals surface area contributed by atoms with Gasteiger partial charge < -0.3 is 20.9 Å². The molecule has 0 fully saturated rings. The second-order valence-electron chi connectivity index (χ2n) is 4.63. The zero-order valence-corrected chi connectivity index (χ0v) is 13.0. The maximum absolute atomic E-state index is 9.39. The van der Waals surface area contributed by atoms with Gasteiger partial charge in [0.2, 0.25) is 0 Å². The number of oxime groups is 1. The van der Waals surface area contributed by atoms with E-state index in [0.29, 0.717) is 13.0 Å². The van der Waals surface area contributed by atoms with Gasteiger partial charge in [-0.15, -0.1) is 11.8 Å². The third-order valence-electron chi connectivity index (χ3n) is 2.96. The molecule has 0 spiro atoms. The van der Waals surface area contributed by atoms with Gasteiger partial charge in [0, 0.05) is 24.2 Å². The van der Waals surface area contributed by atoms with E-state index in [1.807, 2.05) is 30.1 Å². The maximum Gasteiger partial charge on any atom is 0.173 e. The fourth-order valence-corrected chi connectivity index (χ4v) is 2.76. The van der Waals surface area contributed by atoms with Gasteiger partial charge in [-0.1, -0.05) is 18.1 Å². The molecule has 0 saturated carbocycles. The summed E-state index contributed by atoms with van der Waals surface area (Å²) in [6.45, 7) is 4.52. The molecule has 0 amide bonds. The Morgan fingerprint density at radius 1 is 1.50 bits per heavy atom. The maximum atomic E-state index is 9.39. The highest BCUT2D eigenvalue weighted by molar-refractivity contribution is 7.99. The Morgan fingerprint density at radius 3 is 2.75 bits per heavy atom. The summed E-state index contributed by atoms with van der Waals surface area (Å²) >= 11 is 1.65. The minimum atomic E-state index is -0.349. The average Bonchev–Trinajstić information content (AvgIpc) is 2.44. The standard InChI is InChI=1S/C14H23N3O2S/c1-4-20-12-7-5-6-11(13(12)14(15)16-19)17(3)9-8-10(2)18/h5-7,10,18-19H,4,8-9H2,1-3H3,(H2,15,16). The molecule has 5 nitrogen and oxygen atoms in total. The van der Waals surface area contributed by atoms with Gasteiger partial charge in [-0.05, 0) is 31.2 Å². The first-order valence-electron chi connectivity index (χ1n) is 6.64. The average molecular weight is 297 g/mol. The van der Waals surface area contributed by atoms with E-state index in [1.54, 1.807) is 18.7 Å². The number of aliphatic hydroxyl groups excluding tert-OH is 1. The first-order valence-corrected chi connectivity index (χ1v) is 7.62. The van der Waals surface area contributed by atoms with Gasteiger partial charge in [0.1, 0.15) is 0 Å². The number of aliphatic hydroxyl groups is 1. The molecule has 0 radical (unpaired) electrons. The lowest BCUT2D eigenvalue weighted by atomic mass is 10.1. The fourth-order valence-electron chi connectivity index (χ4n) is 1.92. The lowest BCUT2D eigenvalue weighted by molar-refractivity contribution is 0.187. The van der Waals surface area contributed by atoms with E-state index >= 15 is 0 Å². The van der Waals surface area contributed by atoms with Crippen LogP contribution in [0, 0.1) is 0 Å². The SMILES string of the molecule is CCSc1cccc(N(C)CCC(C)O)c1/C(N)=N/O. The highest BCUT2D eigenvalue weighted by atomic mass is 32.2. The number of nitrogens with two attached hydrogens (primary N) is 1. The number of hydrogen-bond acceptors (Lipinski definition) is 5. The minimum Gasteiger partial charge on any atom is -0.409 e. The van der Waals surface area contributed by atoms with E-state index in [2.05, 4.69) is 12.1 Å². The molecule has 0 aliphatic heterocycles. The van der Waals surface area contributed by atoms with Crippen molar-refractivity contribution >= 4 is 23.3 Å². The Labute approximate surface area is 124 Å². The first kappa shape index (κ1) is 16.7. The summed E-state index contributed by atoms with van der Waals surface area (Å²) in [6, 6.07) is 5.86. The second-order valence-corrected chi connectivity index (χ2v) is 5.93. The highest BCUT2D eigenvalue weighted by Crippen LogP contribution is 2.30. The van der Waals surface area contributed by atoms with Crippen molar-refractivity contribution < 1.29 is 10.3 Å². The van der Waals surface area contributed by atoms with Crippen molar-refractivity contribution in [3.05, 3.63) is 23.8 Å². The zero-order valence-electron chi connectivity index (χ0n) is 12.2. The summed E-state index contributed by atoms with van der Waals surface area (Å²) in [4.78, 5) is 3.00. The van der Waals surface area contributed by atoms with Gasteiger partial charge in [-0.3, -0.25) is 0 Å². The van der Waals surface area contributed by atoms with Crippen molar-refractivity contribution in [2.24, 2.45) is 10.9 Å². The van der Waals surface area contributed by atoms with Gasteiger partial charge in [-0.25, -0.2) is 0 Å². The molecule has 0 aliphatic carbocycles. The number of nitrogens with zero attached hydrogens (tertiary/aromatic N) is 2. The predicted octanol–water partition coefficient (Wildman–Crippen LogP) is 2.10. The third-order valence-corrected chi connectivity index (χ3v) is 3.90. The lowest BCUT2D eigenvalue weighted by Gasteiger charge is -2.24. The molecule has 112 valence electrons. The van der Waals surface area contributed by atoms with Crippen LogP contribution in [-0.2, 0) is 0 Å². The smallest absolute Gasteiger partial charge is 0.173 e. The van der Waals surface area contributed by atoms with Gasteiger partial charge in [0.05, 0.1) is 11.7 Å². The Morgan fingerprint density at radius 2 is 2.20 bits per heavy atom. The van der Waals surface area contributed by atoms with Crippen molar-refractivity contribution in [3.63, 3.8) is 0 Å². The number of hydrogen-bond donors (Lipinski definition) is 3. The highest BCUT2D eigenvalue weighted by Gasteiger charge is 2.16. The Hall–Kier alpha value is -1.40. The molecule has 0 aromatic heterocycles. The zero-order chi connectivity index (χ0) is 15.1. The van der Waals surface area contributed by atoms with Crippen molar-refractivity contribution in [3.8, 4) is 0 Å². The quantitative estimate of drug-likeness (QED) is 0.236. The van der Waals surface area contributed by atoms with Crippen molar-refractivity contribution in [1.82, 2.24) is 0 Å². The number of thioether (sulfide) groups is 1. The molecule has 1 atom stereocenters. The molecule has 1 aromatic carbocycles. The Balaban J connectivity index is 3.14. The summed E-state index contributed by atoms with van der Waals surface area (Å²) in [5.74, 6) is 1.02. The lowest BCUT2D eigenvalue weighted by Crippen LogP contribution is -2.26. The molecule has 0 saturated heterocycles. The molecule has 0 heterocycles. The molecule has 6 heteroatoms. The molecule has 4 N–H and O–H groups in total. The van der Waals surface area contributed by atoms with Gasteiger partial charge >= 0.3 is 0 Å². The topological polar surface area (TPSA) is 82.1 Å². The van der Waals surface area contributed by atoms with Crippen LogP contribution in [0.25, 0.3) is 0 Å². The minimum absolute atomic E-state index is 0.112. The fraction of sp³-hybridized carbons (Fsp3) is 0.500. The van der Waals surface area contributed by atoms with Crippen LogP contribution in [-0.4, -0.2) is 41.6 Å². The van der Waals surface area contributed by atoms with Crippen LogP contribution in [0.3, 0.4) is 0 Å². The molecule has 1 rings (SSSR count). The summed E-state index contributed by atoms with van der Waals surface area (Å²) in [5.41, 5.74) is 7.48. The van der Waals surface area contributed by atoms with Gasteiger partial charge in [0.25, 0.3) is 0 Å². The van der Waals surface area contributed by atoms with Crippen molar-refractivity contribution in [2.45, 2.75) is 31.3 Å². The van der Waals surface area contributed by atoms with E-state index in [1.165, 1.54) is 0 Å². The third kappa shape index (κ3) is 4.31. The van der Waals surface area contributed by atoms with E-state index in [4.69, 9.17) is 10.9 Å². The number of rotatable bonds is 7. The van der Waals surface area contributed by atoms with Crippen molar-refractivity contribution in [1.29, 1.82) is 0 Å². The summed E-state index contributed by atoms with van der Waals surface area (Å²) in [5, 5.41) is 21.5. The van der Waals surface area contributed by atoms with Crippen LogP contribution in [0.2, 0.25) is 0 Å². The number of amidine groups is 1. The van der Waals surface area contributed by atoms with Gasteiger partial charge in [0.15, 0.2) is 5.84 Å². The van der Waals surface area contributed by atoms with Crippen LogP contribution >= 0.6 is 11.8 Å². The summed E-state index contributed by atoms with van der Waals surface area (Å²) in [6.07, 6.45) is 0.315. The summed E-state index contributed by atoms with van der Waals surface area (Å²) in [7, 11) is 1.94. The van der Waals surface area contributed by atoms with E-state index in [-0.39, 0.29) is 11.9 Å². The van der Waals surface area contributed by atoms with E-state index in [0.717, 1.165) is 21.9 Å². The van der Waals surface area contributed by atoms with Crippen LogP contribution < -0.4 is 10.6 Å². The molecular weight excluding hydrogens is 274 g/mol. The molecule has 20 heavy (non-hydrogen) atoms. The Bertz CT molecular complexity index is 464. The van der Waals surface area contributed by atoms with Crippen LogP contribution in [0.5, 0.6) is 0 Å². The summed E-state index contributed by atoms with van der Waals surface area (Å²) < 4.78 is 0. The molecule has 0 bridgehead atoms. The molecule has 0 aliphatic rings. The van der Waals surface area contributed by atoms with Crippen LogP contribution in [0.15, 0.2) is 28.3 Å². The van der Waals surface area contributed by atoms with Crippen LogP contribution in [0.1, 0.15) is 25.8 Å². The Kier molecular flexibility index (Phi) is 6.67. The normalized spacial score (nSPS) is 13.3. The molecule has 1 unspecified atom stereocenters. The predicted molar refractivity (Wildman–Crippen MR) is 84.9 cm³/mol. The van der Waals surface area contributed by atoms with E-state index in [9.17, 15) is 5.11 Å². The monoisotopic (exact) mass is 297 g/mol. The number of benzene rings is 1. The second kappa shape index (κ2) is 8.01.